The van der Waals surface area contributed by atoms with Gasteiger partial charge in [0.25, 0.3) is 0 Å². The standard InChI is InChI=1S/C18H33NO2Si.C17H21NO.C15H19NOS.C13H21NO/c1-7-15-9-8-10-16-17(15)19(11-13-20-16)12-14-21-22(5,6)18(2,3)4;1-2-15-9-6-10-16-17(15)18(11-12-19-16)13-14-7-4-3-5-8-14;1-2-12-5-3-7-14-15(12)16(8-9-17-14)11-13-6-4-10-18-13;1-3-8-14-9-10-15-12-7-5-6-11(4-2)13(12)14/h7H,8-14H2,1-6H3;2-5,7-8H,6,9-13H2,1H3;2,4,6,10H,3,5,7-9,11H2,1H3;4H,3,5-10H2,1-2H3/b15-7+;15-2+;12-2+;11-4+. The van der Waals surface area contributed by atoms with Crippen LogP contribution < -0.4 is 0 Å². The summed E-state index contributed by atoms with van der Waals surface area (Å²) in [6.45, 7) is 34.7. The second-order valence-electron chi connectivity index (χ2n) is 22.1. The van der Waals surface area contributed by atoms with Crippen LogP contribution in [0.4, 0.5) is 0 Å². The maximum Gasteiger partial charge on any atom is 0.192 e. The molecule has 0 saturated carbocycles. The van der Waals surface area contributed by atoms with Crippen LogP contribution in [0.15, 0.2) is 140 Å². The van der Waals surface area contributed by atoms with Crippen LogP contribution in [-0.2, 0) is 36.5 Å². The van der Waals surface area contributed by atoms with E-state index in [0.717, 1.165) is 105 Å². The van der Waals surface area contributed by atoms with E-state index in [2.05, 4.69) is 160 Å². The largest absolute Gasteiger partial charge is 0.494 e. The lowest BCUT2D eigenvalue weighted by atomic mass is 9.94. The lowest BCUT2D eigenvalue weighted by Crippen LogP contribution is -2.44. The van der Waals surface area contributed by atoms with Gasteiger partial charge in [0, 0.05) is 50.2 Å². The van der Waals surface area contributed by atoms with Gasteiger partial charge in [-0.2, -0.15) is 0 Å². The van der Waals surface area contributed by atoms with Crippen LogP contribution in [0.2, 0.25) is 18.1 Å². The Morgan fingerprint density at radius 1 is 0.527 bits per heavy atom. The fraction of sp³-hybridized carbons (Fsp3) is 0.587. The Kier molecular flexibility index (Phi) is 21.6. The Morgan fingerprint density at radius 3 is 1.32 bits per heavy atom. The van der Waals surface area contributed by atoms with E-state index in [9.17, 15) is 0 Å². The predicted molar refractivity (Wildman–Crippen MR) is 311 cm³/mol. The molecule has 406 valence electrons. The minimum atomic E-state index is -1.65. The second-order valence-corrected chi connectivity index (χ2v) is 28.0. The number of thiophene rings is 1. The summed E-state index contributed by atoms with van der Waals surface area (Å²) in [5.41, 5.74) is 12.8. The van der Waals surface area contributed by atoms with Crippen LogP contribution in [0, 0.1) is 0 Å². The number of allylic oxidation sites excluding steroid dienone is 12. The maximum absolute atomic E-state index is 6.36. The molecule has 5 heterocycles. The molecule has 4 aliphatic heterocycles. The molecule has 0 bridgehead atoms. The highest BCUT2D eigenvalue weighted by molar-refractivity contribution is 7.09. The van der Waals surface area contributed by atoms with Crippen LogP contribution in [0.5, 0.6) is 0 Å². The zero-order valence-electron chi connectivity index (χ0n) is 47.6. The predicted octanol–water partition coefficient (Wildman–Crippen LogP) is 15.5. The second kappa shape index (κ2) is 28.0. The molecule has 0 N–H and O–H groups in total. The molecule has 0 amide bonds. The Morgan fingerprint density at radius 2 is 0.932 bits per heavy atom. The van der Waals surface area contributed by atoms with Gasteiger partial charge in [-0.25, -0.2) is 0 Å². The van der Waals surface area contributed by atoms with Crippen molar-refractivity contribution in [3.8, 4) is 0 Å². The van der Waals surface area contributed by atoms with Gasteiger partial charge in [-0.1, -0.05) is 88.4 Å². The fourth-order valence-electron chi connectivity index (χ4n) is 11.2. The summed E-state index contributed by atoms with van der Waals surface area (Å²) >= 11 is 1.84. The molecule has 1 aromatic carbocycles. The van der Waals surface area contributed by atoms with Crippen molar-refractivity contribution in [3.63, 3.8) is 0 Å². The molecule has 0 spiro atoms. The molecule has 0 fully saturated rings. The monoisotopic (exact) mass is 1050 g/mol. The normalized spacial score (nSPS) is 22.2. The minimum Gasteiger partial charge on any atom is -0.494 e. The van der Waals surface area contributed by atoms with Crippen molar-refractivity contribution < 1.29 is 23.4 Å². The van der Waals surface area contributed by atoms with Crippen molar-refractivity contribution >= 4 is 19.7 Å². The van der Waals surface area contributed by atoms with Gasteiger partial charge in [0.05, 0.1) is 62.1 Å². The Balaban J connectivity index is 0.000000145. The topological polar surface area (TPSA) is 59.1 Å². The SMILES string of the molecule is C/C=C1\CCCC2=C1N(CCC)CCO2.C/C=C1\CCCC2=C1N(CCO[Si](C)(C)C(C)(C)C)CCO2.C/C=C1\CCCC2=C1N(Cc1ccccc1)CCO2.C/C=C1\CCCC2=C1N(Cc1cccs1)CCO2. The third-order valence-corrected chi connectivity index (χ3v) is 21.5. The lowest BCUT2D eigenvalue weighted by Gasteiger charge is -2.40. The molecule has 0 radical (unpaired) electrons. The van der Waals surface area contributed by atoms with Crippen molar-refractivity contribution in [2.75, 3.05) is 72.3 Å². The summed E-state index contributed by atoms with van der Waals surface area (Å²) in [5, 5.41) is 2.43. The number of rotatable bonds is 10. The summed E-state index contributed by atoms with van der Waals surface area (Å²) in [4.78, 5) is 11.4. The molecule has 0 atom stereocenters. The molecular formula is C63H94N4O5SSi. The first-order valence-corrected chi connectivity index (χ1v) is 32.4. The van der Waals surface area contributed by atoms with Gasteiger partial charge in [-0.3, -0.25) is 0 Å². The van der Waals surface area contributed by atoms with Gasteiger partial charge in [0.15, 0.2) is 8.32 Å². The van der Waals surface area contributed by atoms with Crippen LogP contribution in [0.3, 0.4) is 0 Å². The lowest BCUT2D eigenvalue weighted by molar-refractivity contribution is 0.108. The molecule has 0 unspecified atom stereocenters. The van der Waals surface area contributed by atoms with E-state index in [1.165, 1.54) is 143 Å². The summed E-state index contributed by atoms with van der Waals surface area (Å²) in [7, 11) is -1.65. The fourth-order valence-corrected chi connectivity index (χ4v) is 13.0. The minimum absolute atomic E-state index is 0.280. The first-order valence-electron chi connectivity index (χ1n) is 28.7. The Labute approximate surface area is 453 Å². The van der Waals surface area contributed by atoms with Crippen molar-refractivity contribution in [2.24, 2.45) is 0 Å². The zero-order valence-corrected chi connectivity index (χ0v) is 49.4. The summed E-state index contributed by atoms with van der Waals surface area (Å²) in [6, 6.07) is 15.1. The van der Waals surface area contributed by atoms with Gasteiger partial charge in [0.2, 0.25) is 0 Å². The average molecular weight is 1050 g/mol. The molecule has 74 heavy (non-hydrogen) atoms. The van der Waals surface area contributed by atoms with Crippen LogP contribution >= 0.6 is 11.3 Å². The smallest absolute Gasteiger partial charge is 0.192 e. The number of nitrogens with zero attached hydrogens (tertiary/aromatic N) is 4. The zero-order chi connectivity index (χ0) is 52.5. The molecule has 9 nitrogen and oxygen atoms in total. The molecule has 0 saturated heterocycles. The number of hydrogen-bond acceptors (Lipinski definition) is 10. The maximum atomic E-state index is 6.36. The van der Waals surface area contributed by atoms with E-state index in [1.807, 2.05) is 11.3 Å². The molecule has 8 aliphatic rings. The summed E-state index contributed by atoms with van der Waals surface area (Å²) < 4.78 is 29.8. The van der Waals surface area contributed by atoms with E-state index >= 15 is 0 Å². The highest BCUT2D eigenvalue weighted by Gasteiger charge is 2.38. The number of benzene rings is 1. The number of ether oxygens (including phenoxy) is 4. The van der Waals surface area contributed by atoms with E-state index < -0.39 is 8.32 Å². The van der Waals surface area contributed by atoms with E-state index in [-0.39, 0.29) is 5.04 Å². The van der Waals surface area contributed by atoms with E-state index in [1.54, 1.807) is 0 Å². The number of hydrogen-bond donors (Lipinski definition) is 0. The van der Waals surface area contributed by atoms with Crippen molar-refractivity contribution in [1.29, 1.82) is 0 Å². The van der Waals surface area contributed by atoms with Gasteiger partial charge in [-0.05, 0) is 143 Å². The molecular weight excluding hydrogens is 953 g/mol. The average Bonchev–Trinajstić information content (AvgIpc) is 3.94. The highest BCUT2D eigenvalue weighted by Crippen LogP contribution is 2.40. The third-order valence-electron chi connectivity index (χ3n) is 16.1. The third kappa shape index (κ3) is 14.9. The van der Waals surface area contributed by atoms with Gasteiger partial charge >= 0.3 is 0 Å². The first-order chi connectivity index (χ1) is 35.9. The van der Waals surface area contributed by atoms with Gasteiger partial charge in [0.1, 0.15) is 49.5 Å². The van der Waals surface area contributed by atoms with Crippen LogP contribution in [0.1, 0.15) is 149 Å². The van der Waals surface area contributed by atoms with E-state index in [4.69, 9.17) is 23.4 Å². The van der Waals surface area contributed by atoms with Crippen molar-refractivity contribution in [1.82, 2.24) is 19.6 Å². The highest BCUT2D eigenvalue weighted by atomic mass is 32.1. The molecule has 2 aromatic rings. The Hall–Kier alpha value is -4.58. The van der Waals surface area contributed by atoms with Gasteiger partial charge < -0.3 is 43.0 Å². The summed E-state index contributed by atoms with van der Waals surface area (Å²) in [5.74, 6) is 4.88. The quantitative estimate of drug-likeness (QED) is 0.217. The summed E-state index contributed by atoms with van der Waals surface area (Å²) in [6.07, 6.45) is 24.3. The van der Waals surface area contributed by atoms with Gasteiger partial charge in [-0.15, -0.1) is 11.3 Å². The van der Waals surface area contributed by atoms with E-state index in [0.29, 0.717) is 0 Å². The van der Waals surface area contributed by atoms with Crippen LogP contribution in [0.25, 0.3) is 0 Å². The molecule has 10 rings (SSSR count). The molecule has 11 heteroatoms. The molecule has 1 aromatic heterocycles. The van der Waals surface area contributed by atoms with Crippen molar-refractivity contribution in [2.45, 2.75) is 170 Å². The molecule has 4 aliphatic carbocycles. The van der Waals surface area contributed by atoms with Crippen molar-refractivity contribution in [3.05, 3.63) is 151 Å². The van der Waals surface area contributed by atoms with Crippen LogP contribution in [-0.4, -0.2) is 100 Å². The Bertz CT molecular complexity index is 2370. The first kappa shape index (κ1) is 57.1.